The van der Waals surface area contributed by atoms with Gasteiger partial charge in [-0.1, -0.05) is 65.8 Å². The molecule has 3 aromatic rings. The smallest absolute Gasteiger partial charge is 0.192 e. The van der Waals surface area contributed by atoms with Crippen LogP contribution in [0.15, 0.2) is 59.8 Å². The summed E-state index contributed by atoms with van der Waals surface area (Å²) in [5, 5.41) is 10.9. The van der Waals surface area contributed by atoms with E-state index in [1.807, 2.05) is 18.2 Å². The van der Waals surface area contributed by atoms with Crippen molar-refractivity contribution in [1.29, 1.82) is 0 Å². The van der Waals surface area contributed by atoms with Crippen LogP contribution < -0.4 is 0 Å². The maximum Gasteiger partial charge on any atom is 0.192 e. The van der Waals surface area contributed by atoms with Crippen LogP contribution in [0, 0.1) is 0 Å². The van der Waals surface area contributed by atoms with E-state index in [9.17, 15) is 0 Å². The lowest BCUT2D eigenvalue weighted by Crippen LogP contribution is -2.04. The van der Waals surface area contributed by atoms with Crippen molar-refractivity contribution in [3.05, 3.63) is 76.6 Å². The second-order valence-electron chi connectivity index (χ2n) is 6.32. The topological polar surface area (TPSA) is 30.7 Å². The second-order valence-corrected chi connectivity index (χ2v) is 7.83. The molecule has 0 spiro atoms. The number of hydrogen-bond acceptors (Lipinski definition) is 3. The average molecular weight is 370 g/mol. The Hall–Kier alpha value is -1.78. The first-order valence-corrected chi connectivity index (χ1v) is 9.92. The molecule has 1 aliphatic carbocycles. The van der Waals surface area contributed by atoms with Gasteiger partial charge in [0.15, 0.2) is 5.16 Å². The molecule has 1 saturated carbocycles. The number of hydrogen-bond donors (Lipinski definition) is 0. The molecule has 5 heteroatoms. The Kier molecular flexibility index (Phi) is 4.82. The summed E-state index contributed by atoms with van der Waals surface area (Å²) in [5.41, 5.74) is 2.48. The maximum absolute atomic E-state index is 6.08. The third kappa shape index (κ3) is 3.60. The molecule has 0 N–H and O–H groups in total. The molecule has 1 aliphatic rings. The molecule has 0 amide bonds. The van der Waals surface area contributed by atoms with E-state index in [1.54, 1.807) is 11.8 Å². The van der Waals surface area contributed by atoms with Crippen molar-refractivity contribution < 1.29 is 0 Å². The predicted molar refractivity (Wildman–Crippen MR) is 103 cm³/mol. The van der Waals surface area contributed by atoms with Gasteiger partial charge in [-0.2, -0.15) is 0 Å². The highest BCUT2D eigenvalue weighted by Crippen LogP contribution is 2.43. The zero-order valence-electron chi connectivity index (χ0n) is 14.1. The molecule has 1 fully saturated rings. The Balaban J connectivity index is 1.70. The van der Waals surface area contributed by atoms with E-state index in [0.29, 0.717) is 5.92 Å². The minimum atomic E-state index is 0.167. The summed E-state index contributed by atoms with van der Waals surface area (Å²) in [4.78, 5) is 0. The van der Waals surface area contributed by atoms with E-state index in [4.69, 9.17) is 11.6 Å². The van der Waals surface area contributed by atoms with Gasteiger partial charge in [0.1, 0.15) is 5.82 Å². The molecule has 0 radical (unpaired) electrons. The van der Waals surface area contributed by atoms with Crippen molar-refractivity contribution in [2.45, 2.75) is 42.6 Å². The first-order chi connectivity index (χ1) is 12.3. The Bertz CT molecular complexity index is 841. The van der Waals surface area contributed by atoms with E-state index in [-0.39, 0.29) is 5.25 Å². The van der Waals surface area contributed by atoms with Gasteiger partial charge in [-0.25, -0.2) is 0 Å². The summed E-state index contributed by atoms with van der Waals surface area (Å²) >= 11 is 7.85. The van der Waals surface area contributed by atoms with Crippen LogP contribution in [-0.2, 0) is 6.54 Å². The highest BCUT2D eigenvalue weighted by Gasteiger charge is 2.30. The molecule has 1 atom stereocenters. The molecule has 25 heavy (non-hydrogen) atoms. The van der Waals surface area contributed by atoms with Crippen molar-refractivity contribution in [3.8, 4) is 0 Å². The number of halogens is 1. The fraction of sp³-hybridized carbons (Fsp3) is 0.300. The van der Waals surface area contributed by atoms with E-state index >= 15 is 0 Å². The van der Waals surface area contributed by atoms with Crippen LogP contribution in [0.5, 0.6) is 0 Å². The zero-order chi connectivity index (χ0) is 17.2. The minimum Gasteiger partial charge on any atom is -0.306 e. The van der Waals surface area contributed by atoms with Crippen LogP contribution in [0.25, 0.3) is 0 Å². The summed E-state index contributed by atoms with van der Waals surface area (Å²) in [6.45, 7) is 3.07. The normalized spacial score (nSPS) is 15.3. The Labute approximate surface area is 157 Å². The largest absolute Gasteiger partial charge is 0.306 e. The highest BCUT2D eigenvalue weighted by molar-refractivity contribution is 7.99. The van der Waals surface area contributed by atoms with Crippen LogP contribution in [0.1, 0.15) is 47.9 Å². The van der Waals surface area contributed by atoms with E-state index in [0.717, 1.165) is 22.5 Å². The minimum absolute atomic E-state index is 0.167. The molecule has 128 valence electrons. The fourth-order valence-electron chi connectivity index (χ4n) is 3.03. The summed E-state index contributed by atoms with van der Waals surface area (Å²) in [6.07, 6.45) is 2.48. The number of aromatic nitrogens is 3. The number of benzene rings is 2. The summed E-state index contributed by atoms with van der Waals surface area (Å²) in [7, 11) is 0. The quantitative estimate of drug-likeness (QED) is 0.521. The van der Waals surface area contributed by atoms with Crippen LogP contribution >= 0.6 is 23.4 Å². The molecule has 2 aromatic carbocycles. The lowest BCUT2D eigenvalue weighted by molar-refractivity contribution is 0.643. The first-order valence-electron chi connectivity index (χ1n) is 8.66. The van der Waals surface area contributed by atoms with Gasteiger partial charge in [-0.05, 0) is 43.0 Å². The molecular formula is C20H20ClN3S. The Morgan fingerprint density at radius 3 is 2.36 bits per heavy atom. The first kappa shape index (κ1) is 16.7. The standard InChI is InChI=1S/C20H20ClN3S/c1-2-24-19(16-8-9-16)22-23-20(24)25-18(14-6-4-3-5-7-14)15-10-12-17(21)13-11-15/h3-7,10-13,16,18H,2,8-9H2,1H3/t18-/m0/s1. The number of thioether (sulfide) groups is 1. The molecular weight excluding hydrogens is 350 g/mol. The average Bonchev–Trinajstić information content (AvgIpc) is 3.41. The van der Waals surface area contributed by atoms with Gasteiger partial charge in [-0.15, -0.1) is 10.2 Å². The number of nitrogens with zero attached hydrogens (tertiary/aromatic N) is 3. The Morgan fingerprint density at radius 1 is 1.04 bits per heavy atom. The lowest BCUT2D eigenvalue weighted by Gasteiger charge is -2.18. The van der Waals surface area contributed by atoms with Crippen LogP contribution in [-0.4, -0.2) is 14.8 Å². The zero-order valence-corrected chi connectivity index (χ0v) is 15.7. The number of rotatable bonds is 6. The monoisotopic (exact) mass is 369 g/mol. The van der Waals surface area contributed by atoms with Gasteiger partial charge in [0, 0.05) is 17.5 Å². The third-order valence-corrected chi connectivity index (χ3v) is 6.05. The van der Waals surface area contributed by atoms with Crippen molar-refractivity contribution in [2.24, 2.45) is 0 Å². The molecule has 0 aliphatic heterocycles. The van der Waals surface area contributed by atoms with Crippen LogP contribution in [0.2, 0.25) is 5.02 Å². The van der Waals surface area contributed by atoms with Gasteiger partial charge >= 0.3 is 0 Å². The SMILES string of the molecule is CCn1c(S[C@@H](c2ccccc2)c2ccc(Cl)cc2)nnc1C1CC1. The highest BCUT2D eigenvalue weighted by atomic mass is 35.5. The Morgan fingerprint density at radius 2 is 1.72 bits per heavy atom. The van der Waals surface area contributed by atoms with Gasteiger partial charge in [0.05, 0.1) is 5.25 Å². The molecule has 1 aromatic heterocycles. The van der Waals surface area contributed by atoms with Gasteiger partial charge < -0.3 is 4.57 Å². The lowest BCUT2D eigenvalue weighted by atomic mass is 10.0. The molecule has 0 bridgehead atoms. The third-order valence-electron chi connectivity index (χ3n) is 4.50. The fourth-order valence-corrected chi connectivity index (χ4v) is 4.39. The van der Waals surface area contributed by atoms with E-state index < -0.39 is 0 Å². The van der Waals surface area contributed by atoms with E-state index in [2.05, 4.69) is 58.1 Å². The molecule has 3 nitrogen and oxygen atoms in total. The maximum atomic E-state index is 6.08. The van der Waals surface area contributed by atoms with Gasteiger partial charge in [0.25, 0.3) is 0 Å². The molecule has 1 heterocycles. The van der Waals surface area contributed by atoms with E-state index in [1.165, 1.54) is 24.0 Å². The van der Waals surface area contributed by atoms with Crippen molar-refractivity contribution >= 4 is 23.4 Å². The van der Waals surface area contributed by atoms with Crippen LogP contribution in [0.3, 0.4) is 0 Å². The van der Waals surface area contributed by atoms with Gasteiger partial charge in [0.2, 0.25) is 0 Å². The van der Waals surface area contributed by atoms with Gasteiger partial charge in [-0.3, -0.25) is 0 Å². The van der Waals surface area contributed by atoms with Crippen molar-refractivity contribution in [3.63, 3.8) is 0 Å². The predicted octanol–water partition coefficient (Wildman–Crippen LogP) is 5.71. The second kappa shape index (κ2) is 7.22. The van der Waals surface area contributed by atoms with Crippen molar-refractivity contribution in [1.82, 2.24) is 14.8 Å². The molecule has 0 saturated heterocycles. The van der Waals surface area contributed by atoms with Crippen LogP contribution in [0.4, 0.5) is 0 Å². The summed E-state index contributed by atoms with van der Waals surface area (Å²) in [5.74, 6) is 1.75. The molecule has 0 unspecified atom stereocenters. The summed E-state index contributed by atoms with van der Waals surface area (Å²) in [6, 6.07) is 18.6. The van der Waals surface area contributed by atoms with Crippen molar-refractivity contribution in [2.75, 3.05) is 0 Å². The summed E-state index contributed by atoms with van der Waals surface area (Å²) < 4.78 is 2.27. The molecule has 4 rings (SSSR count).